The third kappa shape index (κ3) is 2.58. The Morgan fingerprint density at radius 2 is 2.10 bits per heavy atom. The van der Waals surface area contributed by atoms with Crippen LogP contribution in [0.2, 0.25) is 0 Å². The quantitative estimate of drug-likeness (QED) is 0.890. The summed E-state index contributed by atoms with van der Waals surface area (Å²) in [5.41, 5.74) is -2.08. The predicted octanol–water partition coefficient (Wildman–Crippen LogP) is 1.99. The van der Waals surface area contributed by atoms with Gasteiger partial charge in [-0.15, -0.1) is 0 Å². The average Bonchev–Trinajstić information content (AvgIpc) is 2.76. The van der Waals surface area contributed by atoms with Gasteiger partial charge in [0.2, 0.25) is 5.54 Å². The molecule has 0 bridgehead atoms. The molecule has 1 heterocycles. The van der Waals surface area contributed by atoms with Gasteiger partial charge in [-0.3, -0.25) is 5.32 Å². The molecular weight excluding hydrogens is 275 g/mol. The number of alkyl halides is 3. The molecule has 0 spiro atoms. The number of fused-ring (bicyclic) bond motifs is 1. The van der Waals surface area contributed by atoms with Crippen LogP contribution in [0.3, 0.4) is 0 Å². The van der Waals surface area contributed by atoms with Crippen LogP contribution in [0.4, 0.5) is 13.2 Å². The van der Waals surface area contributed by atoms with Gasteiger partial charge in [-0.05, 0) is 18.6 Å². The number of carboxylic acid groups (broad SMARTS) is 1. The summed E-state index contributed by atoms with van der Waals surface area (Å²) < 4.78 is 43.9. The number of carbonyl (C=O) groups is 1. The Balaban J connectivity index is 2.01. The van der Waals surface area contributed by atoms with Gasteiger partial charge in [0.15, 0.2) is 0 Å². The Hall–Kier alpha value is -1.76. The fourth-order valence-electron chi connectivity index (χ4n) is 1.98. The highest BCUT2D eigenvalue weighted by Gasteiger charge is 2.57. The molecule has 0 aromatic heterocycles. The summed E-state index contributed by atoms with van der Waals surface area (Å²) in [4.78, 5) is 10.9. The molecule has 7 heteroatoms. The molecule has 20 heavy (non-hydrogen) atoms. The van der Waals surface area contributed by atoms with Crippen LogP contribution in [-0.4, -0.2) is 35.4 Å². The molecule has 0 saturated carbocycles. The van der Waals surface area contributed by atoms with Crippen LogP contribution in [0.5, 0.6) is 5.75 Å². The molecule has 110 valence electrons. The molecule has 2 N–H and O–H groups in total. The maximum Gasteiger partial charge on any atom is 0.417 e. The number of carboxylic acids is 1. The van der Waals surface area contributed by atoms with Gasteiger partial charge in [0.1, 0.15) is 11.9 Å². The summed E-state index contributed by atoms with van der Waals surface area (Å²) >= 11 is 0. The number of halogens is 3. The number of hydrogen-bond donors (Lipinski definition) is 2. The summed E-state index contributed by atoms with van der Waals surface area (Å²) in [5, 5.41) is 10.9. The lowest BCUT2D eigenvalue weighted by molar-refractivity contribution is -0.206. The number of benzene rings is 1. The van der Waals surface area contributed by atoms with Crippen molar-refractivity contribution in [1.29, 1.82) is 0 Å². The molecule has 1 aliphatic heterocycles. The van der Waals surface area contributed by atoms with E-state index in [1.807, 2.05) is 12.1 Å². The zero-order valence-electron chi connectivity index (χ0n) is 10.7. The van der Waals surface area contributed by atoms with Crippen molar-refractivity contribution in [3.63, 3.8) is 0 Å². The molecule has 0 aliphatic carbocycles. The smallest absolute Gasteiger partial charge is 0.417 e. The lowest BCUT2D eigenvalue weighted by Crippen LogP contribution is -2.61. The van der Waals surface area contributed by atoms with Crippen molar-refractivity contribution < 1.29 is 27.8 Å². The van der Waals surface area contributed by atoms with Crippen molar-refractivity contribution in [1.82, 2.24) is 5.32 Å². The summed E-state index contributed by atoms with van der Waals surface area (Å²) in [6.07, 6.45) is -4.94. The summed E-state index contributed by atoms with van der Waals surface area (Å²) in [6, 6.07) is 7.14. The Bertz CT molecular complexity index is 493. The second-order valence-corrected chi connectivity index (χ2v) is 4.86. The van der Waals surface area contributed by atoms with E-state index in [4.69, 9.17) is 9.84 Å². The van der Waals surface area contributed by atoms with E-state index in [1.165, 1.54) is 0 Å². The van der Waals surface area contributed by atoms with E-state index in [9.17, 15) is 18.0 Å². The minimum absolute atomic E-state index is 0.197. The van der Waals surface area contributed by atoms with Gasteiger partial charge in [-0.2, -0.15) is 13.2 Å². The third-order valence-electron chi connectivity index (χ3n) is 3.39. The van der Waals surface area contributed by atoms with Gasteiger partial charge in [0, 0.05) is 13.0 Å². The van der Waals surface area contributed by atoms with Crippen LogP contribution in [0.15, 0.2) is 24.3 Å². The Morgan fingerprint density at radius 1 is 1.45 bits per heavy atom. The van der Waals surface area contributed by atoms with Crippen LogP contribution in [0, 0.1) is 0 Å². The van der Waals surface area contributed by atoms with Gasteiger partial charge < -0.3 is 9.84 Å². The molecule has 0 saturated heterocycles. The lowest BCUT2D eigenvalue weighted by atomic mass is 10.0. The van der Waals surface area contributed by atoms with Crippen molar-refractivity contribution in [2.75, 3.05) is 6.54 Å². The van der Waals surface area contributed by atoms with Crippen LogP contribution in [0.25, 0.3) is 0 Å². The normalized spacial score (nSPS) is 20.9. The molecular formula is C13H14F3NO3. The minimum Gasteiger partial charge on any atom is -0.488 e. The van der Waals surface area contributed by atoms with E-state index in [2.05, 4.69) is 5.32 Å². The van der Waals surface area contributed by atoms with Gasteiger partial charge in [-0.1, -0.05) is 18.2 Å². The molecule has 0 amide bonds. The molecule has 1 aromatic rings. The summed E-state index contributed by atoms with van der Waals surface area (Å²) in [6.45, 7) is 0.411. The van der Waals surface area contributed by atoms with Gasteiger partial charge in [0.05, 0.1) is 0 Å². The standard InChI is InChI=1S/C13H14F3NO3/c1-12(11(18)19,13(14,15)16)17-7-9-6-8-4-2-3-5-10(8)20-9/h2-5,9,17H,6-7H2,1H3,(H,18,19). The number of nitrogens with one attached hydrogen (secondary N) is 1. The largest absolute Gasteiger partial charge is 0.488 e. The minimum atomic E-state index is -4.88. The van der Waals surface area contributed by atoms with E-state index in [0.29, 0.717) is 19.1 Å². The van der Waals surface area contributed by atoms with E-state index < -0.39 is 23.8 Å². The van der Waals surface area contributed by atoms with Gasteiger partial charge in [0.25, 0.3) is 0 Å². The third-order valence-corrected chi connectivity index (χ3v) is 3.39. The fraction of sp³-hybridized carbons (Fsp3) is 0.462. The monoisotopic (exact) mass is 289 g/mol. The first-order chi connectivity index (χ1) is 9.24. The van der Waals surface area contributed by atoms with Crippen molar-refractivity contribution in [3.05, 3.63) is 29.8 Å². The highest BCUT2D eigenvalue weighted by atomic mass is 19.4. The van der Waals surface area contributed by atoms with Crippen LogP contribution in [-0.2, 0) is 11.2 Å². The Kier molecular flexibility index (Phi) is 3.64. The first-order valence-electron chi connectivity index (χ1n) is 6.04. The predicted molar refractivity (Wildman–Crippen MR) is 64.7 cm³/mol. The van der Waals surface area contributed by atoms with Gasteiger partial charge in [-0.25, -0.2) is 4.79 Å². The van der Waals surface area contributed by atoms with Crippen LogP contribution >= 0.6 is 0 Å². The maximum absolute atomic E-state index is 12.8. The SMILES string of the molecule is CC(NCC1Cc2ccccc2O1)(C(=O)O)C(F)(F)F. The highest BCUT2D eigenvalue weighted by Crippen LogP contribution is 2.32. The average molecular weight is 289 g/mol. The Morgan fingerprint density at radius 3 is 2.65 bits per heavy atom. The van der Waals surface area contributed by atoms with E-state index in [0.717, 1.165) is 5.56 Å². The number of para-hydroxylation sites is 1. The Labute approximate surface area is 113 Å². The lowest BCUT2D eigenvalue weighted by Gasteiger charge is -2.29. The van der Waals surface area contributed by atoms with Crippen molar-refractivity contribution in [2.24, 2.45) is 0 Å². The molecule has 1 aromatic carbocycles. The first-order valence-corrected chi connectivity index (χ1v) is 6.04. The summed E-state index contributed by atoms with van der Waals surface area (Å²) in [5.74, 6) is -1.33. The van der Waals surface area contributed by atoms with Crippen molar-refractivity contribution >= 4 is 5.97 Å². The number of aliphatic carboxylic acids is 1. The van der Waals surface area contributed by atoms with E-state index in [-0.39, 0.29) is 6.54 Å². The molecule has 2 atom stereocenters. The second-order valence-electron chi connectivity index (χ2n) is 4.86. The number of ether oxygens (including phenoxy) is 1. The van der Waals surface area contributed by atoms with Crippen molar-refractivity contribution in [2.45, 2.75) is 31.2 Å². The zero-order chi connectivity index (χ0) is 15.0. The van der Waals surface area contributed by atoms with E-state index in [1.54, 1.807) is 12.1 Å². The topological polar surface area (TPSA) is 58.6 Å². The molecule has 0 radical (unpaired) electrons. The number of rotatable bonds is 4. The van der Waals surface area contributed by atoms with Crippen molar-refractivity contribution in [3.8, 4) is 5.75 Å². The molecule has 2 unspecified atom stereocenters. The molecule has 1 aliphatic rings. The maximum atomic E-state index is 12.8. The molecule has 2 rings (SSSR count). The number of hydrogen-bond acceptors (Lipinski definition) is 3. The molecule has 0 fully saturated rings. The summed E-state index contributed by atoms with van der Waals surface area (Å²) in [7, 11) is 0. The second kappa shape index (κ2) is 4.97. The van der Waals surface area contributed by atoms with Crippen LogP contribution < -0.4 is 10.1 Å². The van der Waals surface area contributed by atoms with E-state index >= 15 is 0 Å². The first kappa shape index (κ1) is 14.6. The highest BCUT2D eigenvalue weighted by molar-refractivity contribution is 5.79. The molecule has 4 nitrogen and oxygen atoms in total. The zero-order valence-corrected chi connectivity index (χ0v) is 10.7. The van der Waals surface area contributed by atoms with Gasteiger partial charge >= 0.3 is 12.1 Å². The fourth-order valence-corrected chi connectivity index (χ4v) is 1.98. The van der Waals surface area contributed by atoms with Crippen LogP contribution in [0.1, 0.15) is 12.5 Å².